The second-order valence-corrected chi connectivity index (χ2v) is 5.94. The van der Waals surface area contributed by atoms with Crippen molar-refractivity contribution in [1.29, 1.82) is 0 Å². The number of hydrogen-bond donors (Lipinski definition) is 1. The van der Waals surface area contributed by atoms with Gasteiger partial charge in [0.05, 0.1) is 17.3 Å². The van der Waals surface area contributed by atoms with E-state index < -0.39 is 0 Å². The minimum Gasteiger partial charge on any atom is -0.355 e. The summed E-state index contributed by atoms with van der Waals surface area (Å²) in [7, 11) is 1.71. The number of amides is 2. The topological polar surface area (TPSA) is 67.2 Å². The first kappa shape index (κ1) is 16.2. The maximum absolute atomic E-state index is 12.9. The zero-order valence-electron chi connectivity index (χ0n) is 13.4. The fourth-order valence-electron chi connectivity index (χ4n) is 2.73. The lowest BCUT2D eigenvalue weighted by atomic mass is 10.1. The molecule has 6 nitrogen and oxygen atoms in total. The van der Waals surface area contributed by atoms with E-state index in [0.717, 1.165) is 11.4 Å². The highest BCUT2D eigenvalue weighted by Gasteiger charge is 2.31. The zero-order chi connectivity index (χ0) is 17.1. The van der Waals surface area contributed by atoms with Crippen molar-refractivity contribution in [2.45, 2.75) is 12.8 Å². The summed E-state index contributed by atoms with van der Waals surface area (Å²) in [5, 5.41) is 7.26. The molecule has 1 atom stereocenters. The summed E-state index contributed by atoms with van der Waals surface area (Å²) in [5.41, 5.74) is 1.61. The van der Waals surface area contributed by atoms with Crippen molar-refractivity contribution in [2.24, 2.45) is 5.92 Å². The predicted molar refractivity (Wildman–Crippen MR) is 86.0 cm³/mol. The Morgan fingerprint density at radius 3 is 2.75 bits per heavy atom. The number of carbonyl (C=O) groups is 2. The van der Waals surface area contributed by atoms with E-state index in [1.54, 1.807) is 35.0 Å². The molecule has 126 valence electrons. The average Bonchev–Trinajstić information content (AvgIpc) is 3.16. The first-order valence-corrected chi connectivity index (χ1v) is 7.85. The molecule has 1 aromatic heterocycles. The molecule has 0 bridgehead atoms. The highest BCUT2D eigenvalue weighted by Crippen LogP contribution is 2.15. The van der Waals surface area contributed by atoms with Gasteiger partial charge in [0, 0.05) is 39.2 Å². The fraction of sp³-hybridized carbons (Fsp3) is 0.353. The first-order chi connectivity index (χ1) is 11.5. The molecule has 24 heavy (non-hydrogen) atoms. The summed E-state index contributed by atoms with van der Waals surface area (Å²) < 4.78 is 14.6. The summed E-state index contributed by atoms with van der Waals surface area (Å²) in [6.45, 7) is 0.942. The fourth-order valence-corrected chi connectivity index (χ4v) is 2.73. The average molecular weight is 330 g/mol. The number of halogens is 1. The van der Waals surface area contributed by atoms with E-state index in [2.05, 4.69) is 10.4 Å². The van der Waals surface area contributed by atoms with Gasteiger partial charge < -0.3 is 10.2 Å². The van der Waals surface area contributed by atoms with Crippen LogP contribution in [0.25, 0.3) is 5.69 Å². The van der Waals surface area contributed by atoms with Crippen molar-refractivity contribution >= 4 is 11.8 Å². The van der Waals surface area contributed by atoms with Crippen molar-refractivity contribution in [1.82, 2.24) is 20.0 Å². The Labute approximate surface area is 139 Å². The van der Waals surface area contributed by atoms with Crippen LogP contribution in [0.1, 0.15) is 12.1 Å². The normalized spacial score (nSPS) is 17.3. The maximum atomic E-state index is 12.9. The van der Waals surface area contributed by atoms with Gasteiger partial charge in [-0.15, -0.1) is 0 Å². The third kappa shape index (κ3) is 3.61. The molecule has 1 N–H and O–H groups in total. The number of rotatable bonds is 5. The van der Waals surface area contributed by atoms with Crippen LogP contribution in [0.2, 0.25) is 0 Å². The Hall–Kier alpha value is -2.70. The van der Waals surface area contributed by atoms with Crippen molar-refractivity contribution in [3.05, 3.63) is 48.0 Å². The van der Waals surface area contributed by atoms with Crippen molar-refractivity contribution in [3.63, 3.8) is 0 Å². The lowest BCUT2D eigenvalue weighted by Crippen LogP contribution is -2.33. The second-order valence-electron chi connectivity index (χ2n) is 5.94. The zero-order valence-corrected chi connectivity index (χ0v) is 13.4. The summed E-state index contributed by atoms with van der Waals surface area (Å²) in [6, 6.07) is 7.94. The minimum absolute atomic E-state index is 0.00758. The summed E-state index contributed by atoms with van der Waals surface area (Å²) >= 11 is 0. The molecule has 1 aromatic carbocycles. The van der Waals surface area contributed by atoms with Gasteiger partial charge in [0.2, 0.25) is 11.8 Å². The smallest absolute Gasteiger partial charge is 0.225 e. The molecule has 0 unspecified atom stereocenters. The van der Waals surface area contributed by atoms with Gasteiger partial charge in [0.15, 0.2) is 0 Å². The third-order valence-electron chi connectivity index (χ3n) is 4.13. The van der Waals surface area contributed by atoms with Crippen LogP contribution in [0.5, 0.6) is 0 Å². The largest absolute Gasteiger partial charge is 0.355 e. The number of nitrogens with one attached hydrogen (secondary N) is 1. The van der Waals surface area contributed by atoms with Crippen LogP contribution >= 0.6 is 0 Å². The van der Waals surface area contributed by atoms with Gasteiger partial charge in [0.1, 0.15) is 5.82 Å². The van der Waals surface area contributed by atoms with Gasteiger partial charge >= 0.3 is 0 Å². The van der Waals surface area contributed by atoms with Gasteiger partial charge in [-0.2, -0.15) is 5.10 Å². The molecule has 2 aromatic rings. The van der Waals surface area contributed by atoms with Crippen LogP contribution in [-0.4, -0.2) is 46.6 Å². The molecule has 1 fully saturated rings. The molecule has 0 saturated carbocycles. The molecule has 1 aliphatic heterocycles. The molecule has 1 aliphatic rings. The summed E-state index contributed by atoms with van der Waals surface area (Å²) in [4.78, 5) is 25.1. The lowest BCUT2D eigenvalue weighted by Gasteiger charge is -2.10. The Morgan fingerprint density at radius 2 is 2.08 bits per heavy atom. The molecule has 0 spiro atoms. The van der Waals surface area contributed by atoms with E-state index in [1.165, 1.54) is 12.1 Å². The number of nitrogens with zero attached hydrogens (tertiary/aromatic N) is 3. The molecule has 0 radical (unpaired) electrons. The Balaban J connectivity index is 1.50. The summed E-state index contributed by atoms with van der Waals surface area (Å²) in [5.74, 6) is -0.636. The third-order valence-corrected chi connectivity index (χ3v) is 4.13. The second kappa shape index (κ2) is 6.82. The van der Waals surface area contributed by atoms with Gasteiger partial charge in [0.25, 0.3) is 0 Å². The van der Waals surface area contributed by atoms with Crippen molar-refractivity contribution < 1.29 is 14.0 Å². The molecule has 7 heteroatoms. The van der Waals surface area contributed by atoms with Crippen molar-refractivity contribution in [2.75, 3.05) is 20.1 Å². The van der Waals surface area contributed by atoms with E-state index >= 15 is 0 Å². The van der Waals surface area contributed by atoms with Crippen LogP contribution < -0.4 is 5.32 Å². The Kier molecular flexibility index (Phi) is 4.59. The lowest BCUT2D eigenvalue weighted by molar-refractivity contribution is -0.128. The Bertz CT molecular complexity index is 741. The Morgan fingerprint density at radius 1 is 1.33 bits per heavy atom. The van der Waals surface area contributed by atoms with Crippen molar-refractivity contribution in [3.8, 4) is 5.69 Å². The number of aromatic nitrogens is 2. The number of likely N-dealkylation sites (tertiary alicyclic amines) is 1. The number of benzene rings is 1. The molecular weight excluding hydrogens is 311 g/mol. The summed E-state index contributed by atoms with van der Waals surface area (Å²) in [6.07, 6.45) is 2.67. The van der Waals surface area contributed by atoms with E-state index in [9.17, 15) is 14.0 Å². The molecule has 3 rings (SSSR count). The van der Waals surface area contributed by atoms with Crippen LogP contribution in [0, 0.1) is 11.7 Å². The maximum Gasteiger partial charge on any atom is 0.225 e. The SMILES string of the molecule is CN1C[C@@H](C(=O)NCCc2ccn(-c3ccc(F)cc3)n2)CC1=O. The van der Waals surface area contributed by atoms with Crippen LogP contribution in [0.15, 0.2) is 36.5 Å². The van der Waals surface area contributed by atoms with Crippen LogP contribution in [0.3, 0.4) is 0 Å². The molecule has 2 amide bonds. The predicted octanol–water partition coefficient (Wildman–Crippen LogP) is 1.15. The van der Waals surface area contributed by atoms with Crippen LogP contribution in [0.4, 0.5) is 4.39 Å². The molecule has 2 heterocycles. The van der Waals surface area contributed by atoms with Crippen LogP contribution in [-0.2, 0) is 16.0 Å². The van der Waals surface area contributed by atoms with E-state index in [-0.39, 0.29) is 30.0 Å². The van der Waals surface area contributed by atoms with E-state index in [1.807, 2.05) is 6.07 Å². The quantitative estimate of drug-likeness (QED) is 0.894. The van der Waals surface area contributed by atoms with Gasteiger partial charge in [-0.05, 0) is 30.3 Å². The molecule has 1 saturated heterocycles. The monoisotopic (exact) mass is 330 g/mol. The molecule has 0 aliphatic carbocycles. The highest BCUT2D eigenvalue weighted by atomic mass is 19.1. The first-order valence-electron chi connectivity index (χ1n) is 7.85. The minimum atomic E-state index is -0.287. The van der Waals surface area contributed by atoms with Gasteiger partial charge in [-0.3, -0.25) is 9.59 Å². The standard InChI is InChI=1S/C17H19FN4O2/c1-21-11-12(10-16(21)23)17(24)19-8-6-14-7-9-22(20-14)15-4-2-13(18)3-5-15/h2-5,7,9,12H,6,8,10-11H2,1H3,(H,19,24)/t12-/m0/s1. The number of hydrogen-bond acceptors (Lipinski definition) is 3. The van der Waals surface area contributed by atoms with Gasteiger partial charge in [-0.1, -0.05) is 0 Å². The van der Waals surface area contributed by atoms with E-state index in [4.69, 9.17) is 0 Å². The van der Waals surface area contributed by atoms with E-state index in [0.29, 0.717) is 19.5 Å². The number of carbonyl (C=O) groups excluding carboxylic acids is 2. The highest BCUT2D eigenvalue weighted by molar-refractivity contribution is 5.89. The molecular formula is C17H19FN4O2. The van der Waals surface area contributed by atoms with Gasteiger partial charge in [-0.25, -0.2) is 9.07 Å².